The van der Waals surface area contributed by atoms with E-state index in [1.807, 2.05) is 24.3 Å². The fraction of sp³-hybridized carbons (Fsp3) is 0.318. The maximum Gasteiger partial charge on any atom is 0.242 e. The third kappa shape index (κ3) is 4.50. The van der Waals surface area contributed by atoms with Crippen LogP contribution in [0.3, 0.4) is 0 Å². The zero-order valence-corrected chi connectivity index (χ0v) is 16.9. The normalized spacial score (nSPS) is 20.3. The van der Waals surface area contributed by atoms with Crippen molar-refractivity contribution in [2.75, 3.05) is 5.32 Å². The molecule has 1 heterocycles. The van der Waals surface area contributed by atoms with Crippen molar-refractivity contribution in [1.82, 2.24) is 4.90 Å². The van der Waals surface area contributed by atoms with Crippen LogP contribution in [-0.4, -0.2) is 33.2 Å². The number of amidine groups is 1. The number of hydrogen-bond donors (Lipinski definition) is 1. The number of thioether (sulfide) groups is 1. The summed E-state index contributed by atoms with van der Waals surface area (Å²) in [6.45, 7) is 2.10. The molecular formula is C22H22FN3O2S. The summed E-state index contributed by atoms with van der Waals surface area (Å²) in [4.78, 5) is 31.7. The van der Waals surface area contributed by atoms with Crippen LogP contribution in [0.5, 0.6) is 0 Å². The lowest BCUT2D eigenvalue weighted by molar-refractivity contribution is -0.128. The van der Waals surface area contributed by atoms with Gasteiger partial charge in [-0.3, -0.25) is 14.5 Å². The number of amides is 2. The van der Waals surface area contributed by atoms with Gasteiger partial charge in [-0.2, -0.15) is 0 Å². The molecular weight excluding hydrogens is 389 g/mol. The van der Waals surface area contributed by atoms with Gasteiger partial charge in [0.1, 0.15) is 11.1 Å². The molecule has 150 valence electrons. The van der Waals surface area contributed by atoms with Gasteiger partial charge in [0.25, 0.3) is 0 Å². The predicted molar refractivity (Wildman–Crippen MR) is 114 cm³/mol. The Kier molecular flexibility index (Phi) is 5.67. The number of benzene rings is 2. The maximum absolute atomic E-state index is 13.8. The smallest absolute Gasteiger partial charge is 0.242 e. The highest BCUT2D eigenvalue weighted by Gasteiger charge is 2.46. The van der Waals surface area contributed by atoms with E-state index in [4.69, 9.17) is 0 Å². The molecule has 7 heteroatoms. The molecule has 1 saturated heterocycles. The first kappa shape index (κ1) is 19.6. The van der Waals surface area contributed by atoms with Crippen molar-refractivity contribution >= 4 is 40.1 Å². The minimum Gasteiger partial charge on any atom is -0.324 e. The van der Waals surface area contributed by atoms with Gasteiger partial charge in [0, 0.05) is 12.5 Å². The van der Waals surface area contributed by atoms with Crippen molar-refractivity contribution in [3.8, 4) is 0 Å². The molecule has 0 bridgehead atoms. The monoisotopic (exact) mass is 411 g/mol. The number of aliphatic imine (C=N–C) groups is 1. The lowest BCUT2D eigenvalue weighted by atomic mass is 10.2. The molecule has 1 N–H and O–H groups in total. The average Bonchev–Trinajstić information content (AvgIpc) is 3.50. The minimum absolute atomic E-state index is 0.0190. The van der Waals surface area contributed by atoms with Gasteiger partial charge in [-0.05, 0) is 49.1 Å². The van der Waals surface area contributed by atoms with Crippen molar-refractivity contribution < 1.29 is 14.0 Å². The molecule has 2 amide bonds. The molecule has 4 rings (SSSR count). The van der Waals surface area contributed by atoms with Gasteiger partial charge in [-0.1, -0.05) is 43.0 Å². The van der Waals surface area contributed by atoms with E-state index in [1.165, 1.54) is 29.5 Å². The highest BCUT2D eigenvalue weighted by Crippen LogP contribution is 2.39. The van der Waals surface area contributed by atoms with Gasteiger partial charge in [-0.25, -0.2) is 9.38 Å². The van der Waals surface area contributed by atoms with Crippen LogP contribution in [0.2, 0.25) is 0 Å². The molecule has 5 nitrogen and oxygen atoms in total. The summed E-state index contributed by atoms with van der Waals surface area (Å²) in [5.41, 5.74) is 2.14. The molecule has 0 radical (unpaired) electrons. The number of hydrogen-bond acceptors (Lipinski definition) is 4. The SMILES string of the molecule is CCc1ccc(N=C2SC(CC(=O)Nc3ccccc3F)C(=O)N2C2CC2)cc1. The molecule has 0 spiro atoms. The zero-order valence-electron chi connectivity index (χ0n) is 16.1. The van der Waals surface area contributed by atoms with Gasteiger partial charge in [0.15, 0.2) is 5.17 Å². The lowest BCUT2D eigenvalue weighted by Crippen LogP contribution is -2.35. The molecule has 1 atom stereocenters. The number of rotatable bonds is 6. The van der Waals surface area contributed by atoms with Gasteiger partial charge < -0.3 is 5.32 Å². The van der Waals surface area contributed by atoms with Crippen LogP contribution in [0, 0.1) is 5.82 Å². The van der Waals surface area contributed by atoms with E-state index < -0.39 is 11.1 Å². The van der Waals surface area contributed by atoms with E-state index in [1.54, 1.807) is 17.0 Å². The van der Waals surface area contributed by atoms with Crippen molar-refractivity contribution in [3.05, 3.63) is 59.9 Å². The van der Waals surface area contributed by atoms with Crippen molar-refractivity contribution in [3.63, 3.8) is 0 Å². The zero-order chi connectivity index (χ0) is 20.4. The number of anilines is 1. The van der Waals surface area contributed by atoms with Crippen molar-refractivity contribution in [2.24, 2.45) is 4.99 Å². The third-order valence-corrected chi connectivity index (χ3v) is 6.12. The second-order valence-electron chi connectivity index (χ2n) is 7.19. The molecule has 2 aliphatic rings. The van der Waals surface area contributed by atoms with E-state index in [-0.39, 0.29) is 30.0 Å². The summed E-state index contributed by atoms with van der Waals surface area (Å²) in [5.74, 6) is -0.973. The number of carbonyl (C=O) groups is 2. The number of nitrogens with zero attached hydrogens (tertiary/aromatic N) is 2. The first-order valence-corrected chi connectivity index (χ1v) is 10.6. The minimum atomic E-state index is -0.545. The molecule has 2 aromatic carbocycles. The summed E-state index contributed by atoms with van der Waals surface area (Å²) < 4.78 is 13.8. The first-order chi connectivity index (χ1) is 14.0. The second kappa shape index (κ2) is 8.37. The van der Waals surface area contributed by atoms with Crippen LogP contribution >= 0.6 is 11.8 Å². The van der Waals surface area contributed by atoms with Crippen LogP contribution in [0.4, 0.5) is 15.8 Å². The van der Waals surface area contributed by atoms with E-state index in [9.17, 15) is 14.0 Å². The van der Waals surface area contributed by atoms with Crippen molar-refractivity contribution in [1.29, 1.82) is 0 Å². The Morgan fingerprint density at radius 3 is 2.59 bits per heavy atom. The van der Waals surface area contributed by atoms with Gasteiger partial charge >= 0.3 is 0 Å². The molecule has 1 unspecified atom stereocenters. The van der Waals surface area contributed by atoms with Crippen LogP contribution in [-0.2, 0) is 16.0 Å². The quantitative estimate of drug-likeness (QED) is 0.761. The Hall–Kier alpha value is -2.67. The van der Waals surface area contributed by atoms with Crippen LogP contribution in [0.1, 0.15) is 31.7 Å². The molecule has 1 aliphatic carbocycles. The van der Waals surface area contributed by atoms with E-state index >= 15 is 0 Å². The molecule has 2 fully saturated rings. The highest BCUT2D eigenvalue weighted by atomic mass is 32.2. The molecule has 29 heavy (non-hydrogen) atoms. The Bertz CT molecular complexity index is 957. The number of halogens is 1. The van der Waals surface area contributed by atoms with Gasteiger partial charge in [0.2, 0.25) is 11.8 Å². The third-order valence-electron chi connectivity index (χ3n) is 4.97. The Balaban J connectivity index is 1.48. The molecule has 2 aromatic rings. The van der Waals surface area contributed by atoms with Crippen LogP contribution < -0.4 is 5.32 Å². The second-order valence-corrected chi connectivity index (χ2v) is 8.36. The molecule has 1 saturated carbocycles. The maximum atomic E-state index is 13.8. The summed E-state index contributed by atoms with van der Waals surface area (Å²) in [6.07, 6.45) is 2.84. The van der Waals surface area contributed by atoms with E-state index in [0.717, 1.165) is 24.9 Å². The Morgan fingerprint density at radius 2 is 1.93 bits per heavy atom. The largest absolute Gasteiger partial charge is 0.324 e. The Labute approximate surface area is 173 Å². The summed E-state index contributed by atoms with van der Waals surface area (Å²) in [5, 5.41) is 2.66. The molecule has 0 aromatic heterocycles. The summed E-state index contributed by atoms with van der Waals surface area (Å²) in [7, 11) is 0. The number of aryl methyl sites for hydroxylation is 1. The average molecular weight is 412 g/mol. The topological polar surface area (TPSA) is 61.8 Å². The van der Waals surface area contributed by atoms with Gasteiger partial charge in [0.05, 0.1) is 11.4 Å². The van der Waals surface area contributed by atoms with Crippen LogP contribution in [0.15, 0.2) is 53.5 Å². The number of carbonyl (C=O) groups excluding carboxylic acids is 2. The number of nitrogens with one attached hydrogen (secondary N) is 1. The lowest BCUT2D eigenvalue weighted by Gasteiger charge is -2.15. The fourth-order valence-corrected chi connectivity index (χ4v) is 4.43. The van der Waals surface area contributed by atoms with Crippen LogP contribution in [0.25, 0.3) is 0 Å². The van der Waals surface area contributed by atoms with Crippen molar-refractivity contribution in [2.45, 2.75) is 43.9 Å². The summed E-state index contributed by atoms with van der Waals surface area (Å²) in [6, 6.07) is 14.1. The standard InChI is InChI=1S/C22H22FN3O2S/c1-2-14-7-9-15(10-8-14)24-22-26(16-11-12-16)21(28)19(29-22)13-20(27)25-18-6-4-3-5-17(18)23/h3-10,16,19H,2,11-13H2,1H3,(H,25,27). The highest BCUT2D eigenvalue weighted by molar-refractivity contribution is 8.15. The van der Waals surface area contributed by atoms with Gasteiger partial charge in [-0.15, -0.1) is 0 Å². The number of para-hydroxylation sites is 1. The summed E-state index contributed by atoms with van der Waals surface area (Å²) >= 11 is 1.31. The van der Waals surface area contributed by atoms with E-state index in [2.05, 4.69) is 17.2 Å². The van der Waals surface area contributed by atoms with E-state index in [0.29, 0.717) is 5.17 Å². The first-order valence-electron chi connectivity index (χ1n) is 9.77. The fourth-order valence-electron chi connectivity index (χ4n) is 3.21. The molecule has 1 aliphatic heterocycles. The Morgan fingerprint density at radius 1 is 1.21 bits per heavy atom. The predicted octanol–water partition coefficient (Wildman–Crippen LogP) is 4.51.